The fraction of sp³-hybridized carbons (Fsp3) is 0.897. The van der Waals surface area contributed by atoms with E-state index in [2.05, 4.69) is 9.24 Å². The van der Waals surface area contributed by atoms with E-state index in [1.54, 1.807) is 16.7 Å². The molecule has 1 N–H and O–H groups in total. The molecule has 8 nitrogen and oxygen atoms in total. The molecule has 4 atom stereocenters. The molecule has 2 saturated heterocycles. The van der Waals surface area contributed by atoms with E-state index in [4.69, 9.17) is 12.2 Å². The molecule has 0 aromatic heterocycles. The van der Waals surface area contributed by atoms with Gasteiger partial charge >= 0.3 is 12.2 Å². The normalized spacial score (nSPS) is 19.6. The van der Waals surface area contributed by atoms with Gasteiger partial charge in [0.2, 0.25) is 0 Å². The van der Waals surface area contributed by atoms with Crippen molar-refractivity contribution in [1.82, 2.24) is 9.80 Å². The molecule has 242 valence electrons. The lowest BCUT2D eigenvalue weighted by Gasteiger charge is -2.32. The summed E-state index contributed by atoms with van der Waals surface area (Å²) < 4.78 is 23.1. The van der Waals surface area contributed by atoms with Gasteiger partial charge in [-0.25, -0.2) is 9.59 Å². The molecule has 0 saturated carbocycles. The number of ketones is 1. The minimum atomic E-state index is -0.509. The van der Waals surface area contributed by atoms with E-state index in [9.17, 15) is 19.5 Å². The molecule has 40 heavy (non-hydrogen) atoms. The Kier molecular flexibility index (Phi) is 22.7. The summed E-state index contributed by atoms with van der Waals surface area (Å²) >= 11 is 0. The zero-order valence-corrected chi connectivity index (χ0v) is 30.2. The van der Waals surface area contributed by atoms with Crippen LogP contribution in [-0.2, 0) is 14.3 Å². The first-order valence-electron chi connectivity index (χ1n) is 15.2. The first-order chi connectivity index (χ1) is 18.3. The summed E-state index contributed by atoms with van der Waals surface area (Å²) in [6, 6.07) is -0.380. The van der Waals surface area contributed by atoms with Gasteiger partial charge < -0.3 is 19.5 Å². The van der Waals surface area contributed by atoms with Crippen molar-refractivity contribution in [1.29, 1.82) is 0 Å². The van der Waals surface area contributed by atoms with Crippen molar-refractivity contribution in [2.45, 2.75) is 138 Å². The molecule has 2 rings (SSSR count). The highest BCUT2D eigenvalue weighted by molar-refractivity contribution is 7.59. The van der Waals surface area contributed by atoms with Crippen LogP contribution in [0.2, 0.25) is 0 Å². The average molecular weight is 633 g/mol. The van der Waals surface area contributed by atoms with Crippen LogP contribution in [0.25, 0.3) is 0 Å². The number of carbonyl (C=O) groups excluding carboxylic acids is 3. The SMILES string of the molecule is CC(C)C(=O)[C@@H]1CCCN1C(=O)OC(C)(C)C.CC(C)C(O)[C@@H]1CCCN1C(=O)OC(C)(C)C.S.S.[2H]CC.[2H]CP. The second-order valence-electron chi connectivity index (χ2n) is 12.0. The number of hydrogen-bond acceptors (Lipinski definition) is 6. The van der Waals surface area contributed by atoms with Gasteiger partial charge in [0.1, 0.15) is 11.2 Å². The number of ether oxygens (including phenoxy) is 2. The van der Waals surface area contributed by atoms with Gasteiger partial charge in [0.05, 0.1) is 18.2 Å². The van der Waals surface area contributed by atoms with E-state index in [-0.39, 0.29) is 68.9 Å². The standard InChI is InChI=1S/C13H25NO3.C13H23NO3.C2H6.CH5P.2H2S/c2*1-9(2)11(15)10-7-6-8-14(10)12(16)17-13(3,4)5;2*1-2;;/h9-11,15H,6-8H2,1-5H3;9-10H,6-8H2,1-5H3;1-2H3;2H2,1H3;2*1H2/t10-,11?;10-;;;;/m00..../s1/i;;2*1D;;. The zero-order chi connectivity index (χ0) is 31.8. The third-order valence-corrected chi connectivity index (χ3v) is 5.78. The molecule has 0 aromatic rings. The summed E-state index contributed by atoms with van der Waals surface area (Å²) in [5.41, 5.74) is -0.988. The van der Waals surface area contributed by atoms with Crippen LogP contribution in [0.1, 0.15) is 111 Å². The molecule has 2 aliphatic rings. The highest BCUT2D eigenvalue weighted by atomic mass is 32.1. The topological polar surface area (TPSA) is 96.4 Å². The molecule has 0 radical (unpaired) electrons. The maximum absolute atomic E-state index is 12.0. The molecule has 0 aliphatic carbocycles. The van der Waals surface area contributed by atoms with Gasteiger partial charge in [0, 0.05) is 21.7 Å². The number of rotatable bonds is 4. The molecular weight excluding hydrogens is 567 g/mol. The van der Waals surface area contributed by atoms with Crippen LogP contribution >= 0.6 is 36.2 Å². The molecule has 2 unspecified atom stereocenters. The van der Waals surface area contributed by atoms with Crippen LogP contribution in [0.3, 0.4) is 0 Å². The fourth-order valence-electron chi connectivity index (χ4n) is 4.13. The summed E-state index contributed by atoms with van der Waals surface area (Å²) in [6.45, 7) is 22.8. The largest absolute Gasteiger partial charge is 0.444 e. The van der Waals surface area contributed by atoms with Gasteiger partial charge in [0.15, 0.2) is 5.78 Å². The van der Waals surface area contributed by atoms with Crippen molar-refractivity contribution in [3.05, 3.63) is 0 Å². The number of aliphatic hydroxyl groups is 1. The predicted octanol–water partition coefficient (Wildman–Crippen LogP) is 6.76. The molecule has 2 heterocycles. The third kappa shape index (κ3) is 17.3. The lowest BCUT2D eigenvalue weighted by Crippen LogP contribution is -2.46. The Labute approximate surface area is 265 Å². The molecule has 2 fully saturated rings. The molecule has 2 aliphatic heterocycles. The lowest BCUT2D eigenvalue weighted by atomic mass is 9.98. The second-order valence-corrected chi connectivity index (χ2v) is 12.0. The molecule has 2 amide bonds. The van der Waals surface area contributed by atoms with Gasteiger partial charge in [-0.15, -0.1) is 9.24 Å². The Morgan fingerprint density at radius 3 is 1.62 bits per heavy atom. The maximum atomic E-state index is 12.0. The summed E-state index contributed by atoms with van der Waals surface area (Å²) in [7, 11) is 2.25. The Morgan fingerprint density at radius 2 is 1.25 bits per heavy atom. The van der Waals surface area contributed by atoms with E-state index in [0.717, 1.165) is 25.7 Å². The maximum Gasteiger partial charge on any atom is 0.410 e. The first-order valence-corrected chi connectivity index (χ1v) is 14.6. The van der Waals surface area contributed by atoms with E-state index < -0.39 is 17.3 Å². The Balaban J connectivity index is -0.000000278. The van der Waals surface area contributed by atoms with Crippen molar-refractivity contribution >= 4 is 54.2 Å². The van der Waals surface area contributed by atoms with E-state index >= 15 is 0 Å². The number of Topliss-reactive ketones (excluding diaryl/α,β-unsaturated/α-hetero) is 1. The Bertz CT molecular complexity index is 751. The van der Waals surface area contributed by atoms with Crippen LogP contribution in [0.4, 0.5) is 9.59 Å². The molecule has 0 aromatic carbocycles. The minimum Gasteiger partial charge on any atom is -0.444 e. The van der Waals surface area contributed by atoms with Crippen molar-refractivity contribution in [3.8, 4) is 0 Å². The van der Waals surface area contributed by atoms with E-state index in [1.165, 1.54) is 0 Å². The Morgan fingerprint density at radius 1 is 0.875 bits per heavy atom. The van der Waals surface area contributed by atoms with Crippen LogP contribution < -0.4 is 0 Å². The number of hydrogen-bond donors (Lipinski definition) is 1. The quantitative estimate of drug-likeness (QED) is 0.344. The van der Waals surface area contributed by atoms with Crippen LogP contribution in [0.15, 0.2) is 0 Å². The number of amides is 2. The van der Waals surface area contributed by atoms with Gasteiger partial charge in [-0.05, 0) is 73.1 Å². The average Bonchev–Trinajstić information content (AvgIpc) is 3.47. The monoisotopic (exact) mass is 632 g/mol. The predicted molar refractivity (Wildman–Crippen MR) is 180 cm³/mol. The lowest BCUT2D eigenvalue weighted by molar-refractivity contribution is -0.126. The molecule has 11 heteroatoms. The fourth-order valence-corrected chi connectivity index (χ4v) is 4.13. The van der Waals surface area contributed by atoms with Gasteiger partial charge in [-0.2, -0.15) is 27.0 Å². The van der Waals surface area contributed by atoms with Crippen LogP contribution in [0, 0.1) is 11.8 Å². The molecular formula is C29H63N2O6PS2. The summed E-state index contributed by atoms with van der Waals surface area (Å²) in [5.74, 6) is 0.249. The molecule has 0 spiro atoms. The van der Waals surface area contributed by atoms with Crippen molar-refractivity contribution in [3.63, 3.8) is 0 Å². The van der Waals surface area contributed by atoms with Gasteiger partial charge in [-0.3, -0.25) is 9.69 Å². The zero-order valence-electron chi connectivity index (χ0n) is 29.0. The summed E-state index contributed by atoms with van der Waals surface area (Å²) in [4.78, 5) is 39.2. The minimum absolute atomic E-state index is 0. The highest BCUT2D eigenvalue weighted by Crippen LogP contribution is 2.26. The van der Waals surface area contributed by atoms with Crippen molar-refractivity contribution in [2.75, 3.05) is 19.7 Å². The first kappa shape index (κ1) is 41.4. The number of carbonyl (C=O) groups is 3. The number of nitrogens with zero attached hydrogens (tertiary/aromatic N) is 2. The summed E-state index contributed by atoms with van der Waals surface area (Å²) in [6.07, 6.45) is 2.30. The summed E-state index contributed by atoms with van der Waals surface area (Å²) in [5, 5.41) is 10.1. The van der Waals surface area contributed by atoms with Crippen LogP contribution in [0.5, 0.6) is 0 Å². The molecule has 0 bridgehead atoms. The number of likely N-dealkylation sites (tertiary alicyclic amines) is 2. The number of aliphatic hydroxyl groups excluding tert-OH is 1. The third-order valence-electron chi connectivity index (χ3n) is 5.78. The Hall–Kier alpha value is -0.700. The van der Waals surface area contributed by atoms with E-state index in [1.807, 2.05) is 69.2 Å². The van der Waals surface area contributed by atoms with Gasteiger partial charge in [0.25, 0.3) is 0 Å². The second kappa shape index (κ2) is 21.9. The van der Waals surface area contributed by atoms with Crippen molar-refractivity contribution in [2.24, 2.45) is 11.8 Å². The smallest absolute Gasteiger partial charge is 0.410 e. The highest BCUT2D eigenvalue weighted by Gasteiger charge is 2.38. The van der Waals surface area contributed by atoms with Crippen molar-refractivity contribution < 1.29 is 31.7 Å². The van der Waals surface area contributed by atoms with Crippen LogP contribution in [-0.4, -0.2) is 82.0 Å². The van der Waals surface area contributed by atoms with E-state index in [0.29, 0.717) is 26.6 Å². The van der Waals surface area contributed by atoms with Gasteiger partial charge in [-0.1, -0.05) is 48.2 Å².